The van der Waals surface area contributed by atoms with Gasteiger partial charge in [-0.25, -0.2) is 0 Å². The summed E-state index contributed by atoms with van der Waals surface area (Å²) in [5.74, 6) is 0.932. The Morgan fingerprint density at radius 1 is 1.20 bits per heavy atom. The summed E-state index contributed by atoms with van der Waals surface area (Å²) in [5.41, 5.74) is 3.74. The van der Waals surface area contributed by atoms with Gasteiger partial charge in [0.25, 0.3) is 0 Å². The zero-order valence-electron chi connectivity index (χ0n) is 12.4. The lowest BCUT2D eigenvalue weighted by Crippen LogP contribution is -2.28. The van der Waals surface area contributed by atoms with E-state index in [0.717, 1.165) is 19.1 Å². The van der Waals surface area contributed by atoms with Crippen LogP contribution in [0, 0.1) is 12.8 Å². The Balaban J connectivity index is 1.67. The topological polar surface area (TPSA) is 21.1 Å². The Bertz CT molecular complexity index is 552. The molecule has 1 aliphatic carbocycles. The molecule has 1 fully saturated rings. The first-order valence-electron chi connectivity index (χ1n) is 7.56. The molecule has 1 aromatic heterocycles. The molecule has 3 heteroatoms. The first kappa shape index (κ1) is 13.4. The first-order chi connectivity index (χ1) is 9.74. The maximum absolute atomic E-state index is 4.51. The average molecular weight is 269 g/mol. The number of nitrogens with zero attached hydrogens (tertiary/aromatic N) is 3. The van der Waals surface area contributed by atoms with Gasteiger partial charge in [0.05, 0.1) is 12.9 Å². The molecule has 0 spiro atoms. The summed E-state index contributed by atoms with van der Waals surface area (Å²) in [6.07, 6.45) is 6.93. The van der Waals surface area contributed by atoms with Crippen LogP contribution in [0.5, 0.6) is 0 Å². The van der Waals surface area contributed by atoms with Crippen LogP contribution in [0.1, 0.15) is 25.3 Å². The summed E-state index contributed by atoms with van der Waals surface area (Å²) in [6, 6.07) is 8.63. The van der Waals surface area contributed by atoms with Gasteiger partial charge in [-0.1, -0.05) is 36.8 Å². The van der Waals surface area contributed by atoms with Crippen LogP contribution in [-0.4, -0.2) is 27.8 Å². The van der Waals surface area contributed by atoms with Crippen molar-refractivity contribution in [2.75, 3.05) is 13.1 Å². The molecule has 0 atom stereocenters. The van der Waals surface area contributed by atoms with E-state index in [0.29, 0.717) is 0 Å². The van der Waals surface area contributed by atoms with Crippen LogP contribution in [0.3, 0.4) is 0 Å². The summed E-state index contributed by atoms with van der Waals surface area (Å²) >= 11 is 0. The molecular weight excluding hydrogens is 246 g/mol. The van der Waals surface area contributed by atoms with Gasteiger partial charge in [-0.15, -0.1) is 0 Å². The number of hydrogen-bond acceptors (Lipinski definition) is 2. The van der Waals surface area contributed by atoms with Crippen LogP contribution in [0.25, 0.3) is 11.1 Å². The van der Waals surface area contributed by atoms with E-state index in [-0.39, 0.29) is 0 Å². The fourth-order valence-electron chi connectivity index (χ4n) is 2.49. The van der Waals surface area contributed by atoms with Crippen molar-refractivity contribution in [2.24, 2.45) is 5.92 Å². The molecule has 106 valence electrons. The third kappa shape index (κ3) is 3.28. The van der Waals surface area contributed by atoms with Crippen LogP contribution in [-0.2, 0) is 6.67 Å². The zero-order valence-corrected chi connectivity index (χ0v) is 12.4. The lowest BCUT2D eigenvalue weighted by Gasteiger charge is -2.19. The number of rotatable bonds is 6. The van der Waals surface area contributed by atoms with E-state index in [4.69, 9.17) is 0 Å². The summed E-state index contributed by atoms with van der Waals surface area (Å²) in [6.45, 7) is 7.56. The molecule has 1 saturated carbocycles. The van der Waals surface area contributed by atoms with E-state index in [1.165, 1.54) is 36.1 Å². The van der Waals surface area contributed by atoms with Gasteiger partial charge in [-0.3, -0.25) is 9.58 Å². The van der Waals surface area contributed by atoms with Crippen molar-refractivity contribution >= 4 is 0 Å². The Morgan fingerprint density at radius 2 is 1.95 bits per heavy atom. The first-order valence-corrected chi connectivity index (χ1v) is 7.56. The van der Waals surface area contributed by atoms with Crippen LogP contribution in [0.2, 0.25) is 0 Å². The molecule has 3 rings (SSSR count). The zero-order chi connectivity index (χ0) is 13.9. The minimum Gasteiger partial charge on any atom is -0.284 e. The molecule has 3 nitrogen and oxygen atoms in total. The Labute approximate surface area is 121 Å². The highest BCUT2D eigenvalue weighted by Gasteiger charge is 2.23. The van der Waals surface area contributed by atoms with Gasteiger partial charge < -0.3 is 0 Å². The van der Waals surface area contributed by atoms with Gasteiger partial charge in [-0.05, 0) is 37.8 Å². The number of hydrogen-bond donors (Lipinski definition) is 0. The normalized spacial score (nSPS) is 14.9. The van der Waals surface area contributed by atoms with Gasteiger partial charge in [0, 0.05) is 18.3 Å². The van der Waals surface area contributed by atoms with Gasteiger partial charge in [0.2, 0.25) is 0 Å². The van der Waals surface area contributed by atoms with Gasteiger partial charge >= 0.3 is 0 Å². The number of aromatic nitrogens is 2. The average Bonchev–Trinajstić information content (AvgIpc) is 3.15. The molecule has 0 N–H and O–H groups in total. The predicted molar refractivity (Wildman–Crippen MR) is 82.4 cm³/mol. The molecule has 20 heavy (non-hydrogen) atoms. The smallest absolute Gasteiger partial charge is 0.0928 e. The molecule has 0 radical (unpaired) electrons. The summed E-state index contributed by atoms with van der Waals surface area (Å²) in [7, 11) is 0. The Hall–Kier alpha value is -1.61. The molecule has 1 aromatic carbocycles. The van der Waals surface area contributed by atoms with Gasteiger partial charge in [-0.2, -0.15) is 5.10 Å². The van der Waals surface area contributed by atoms with Crippen molar-refractivity contribution < 1.29 is 0 Å². The predicted octanol–water partition coefficient (Wildman–Crippen LogP) is 3.55. The molecule has 1 heterocycles. The summed E-state index contributed by atoms with van der Waals surface area (Å²) in [4.78, 5) is 2.48. The standard InChI is InChI=1S/C17H23N3/c1-3-19(11-15-6-7-15)13-20-12-17(10-18-20)16-8-4-14(2)5-9-16/h4-5,8-10,12,15H,3,6-7,11,13H2,1-2H3. The van der Waals surface area contributed by atoms with Crippen LogP contribution in [0.4, 0.5) is 0 Å². The largest absolute Gasteiger partial charge is 0.284 e. The monoisotopic (exact) mass is 269 g/mol. The van der Waals surface area contributed by atoms with Crippen molar-refractivity contribution in [1.29, 1.82) is 0 Å². The third-order valence-corrected chi connectivity index (χ3v) is 4.02. The maximum Gasteiger partial charge on any atom is 0.0928 e. The minimum absolute atomic E-state index is 0.902. The minimum atomic E-state index is 0.902. The summed E-state index contributed by atoms with van der Waals surface area (Å²) < 4.78 is 2.06. The molecule has 1 aliphatic rings. The molecule has 0 amide bonds. The quantitative estimate of drug-likeness (QED) is 0.799. The number of benzene rings is 1. The second-order valence-corrected chi connectivity index (χ2v) is 5.89. The number of aryl methyl sites for hydroxylation is 1. The third-order valence-electron chi connectivity index (χ3n) is 4.02. The van der Waals surface area contributed by atoms with E-state index < -0.39 is 0 Å². The van der Waals surface area contributed by atoms with Crippen molar-refractivity contribution in [1.82, 2.24) is 14.7 Å². The SMILES string of the molecule is CCN(CC1CC1)Cn1cc(-c2ccc(C)cc2)cn1. The molecule has 0 bridgehead atoms. The Morgan fingerprint density at radius 3 is 2.60 bits per heavy atom. The highest BCUT2D eigenvalue weighted by molar-refractivity contribution is 5.61. The van der Waals surface area contributed by atoms with Gasteiger partial charge in [0.1, 0.15) is 0 Å². The highest BCUT2D eigenvalue weighted by atomic mass is 15.4. The molecule has 0 unspecified atom stereocenters. The van der Waals surface area contributed by atoms with E-state index in [2.05, 4.69) is 59.0 Å². The van der Waals surface area contributed by atoms with Crippen LogP contribution in [0.15, 0.2) is 36.7 Å². The van der Waals surface area contributed by atoms with E-state index in [1.54, 1.807) is 0 Å². The van der Waals surface area contributed by atoms with Crippen molar-refractivity contribution in [3.05, 3.63) is 42.2 Å². The van der Waals surface area contributed by atoms with E-state index in [9.17, 15) is 0 Å². The molecule has 2 aromatic rings. The maximum atomic E-state index is 4.51. The lowest BCUT2D eigenvalue weighted by molar-refractivity contribution is 0.209. The fraction of sp³-hybridized carbons (Fsp3) is 0.471. The van der Waals surface area contributed by atoms with Gasteiger partial charge in [0.15, 0.2) is 0 Å². The van der Waals surface area contributed by atoms with Crippen LogP contribution >= 0.6 is 0 Å². The molecular formula is C17H23N3. The van der Waals surface area contributed by atoms with Crippen molar-refractivity contribution in [3.8, 4) is 11.1 Å². The Kier molecular flexibility index (Phi) is 3.88. The highest BCUT2D eigenvalue weighted by Crippen LogP contribution is 2.29. The lowest BCUT2D eigenvalue weighted by atomic mass is 10.1. The van der Waals surface area contributed by atoms with Crippen molar-refractivity contribution in [2.45, 2.75) is 33.4 Å². The second kappa shape index (κ2) is 5.80. The van der Waals surface area contributed by atoms with Crippen LogP contribution < -0.4 is 0 Å². The molecule has 0 aliphatic heterocycles. The summed E-state index contributed by atoms with van der Waals surface area (Å²) in [5, 5.41) is 4.51. The van der Waals surface area contributed by atoms with E-state index in [1.807, 2.05) is 6.20 Å². The second-order valence-electron chi connectivity index (χ2n) is 5.89. The van der Waals surface area contributed by atoms with Crippen molar-refractivity contribution in [3.63, 3.8) is 0 Å². The fourth-order valence-corrected chi connectivity index (χ4v) is 2.49. The van der Waals surface area contributed by atoms with E-state index >= 15 is 0 Å². The molecule has 0 saturated heterocycles.